The van der Waals surface area contributed by atoms with Crippen LogP contribution < -0.4 is 5.32 Å². The van der Waals surface area contributed by atoms with Crippen molar-refractivity contribution in [2.45, 2.75) is 239 Å². The van der Waals surface area contributed by atoms with E-state index < -0.39 is 6.10 Å². The largest absolute Gasteiger partial charge is 0.463 e. The molecular formula is C45H92N2O5. The molecule has 0 aromatic rings. The second-order valence-corrected chi connectivity index (χ2v) is 15.3. The van der Waals surface area contributed by atoms with Crippen LogP contribution in [-0.4, -0.2) is 72.5 Å². The number of amides is 1. The molecule has 0 aromatic carbocycles. The average molecular weight is 741 g/mol. The molecule has 1 unspecified atom stereocenters. The van der Waals surface area contributed by atoms with Crippen LogP contribution in [0.5, 0.6) is 0 Å². The lowest BCUT2D eigenvalue weighted by Crippen LogP contribution is -2.34. The molecule has 7 heteroatoms. The van der Waals surface area contributed by atoms with E-state index in [2.05, 4.69) is 37.9 Å². The summed E-state index contributed by atoms with van der Waals surface area (Å²) < 4.78 is 4.86. The van der Waals surface area contributed by atoms with Gasteiger partial charge in [0, 0.05) is 25.9 Å². The summed E-state index contributed by atoms with van der Waals surface area (Å²) in [5.41, 5.74) is 0. The van der Waals surface area contributed by atoms with Gasteiger partial charge in [0.05, 0.1) is 6.61 Å². The van der Waals surface area contributed by atoms with Gasteiger partial charge in [0.2, 0.25) is 5.91 Å². The fraction of sp³-hybridized carbons (Fsp3) is 0.956. The van der Waals surface area contributed by atoms with E-state index in [0.29, 0.717) is 12.8 Å². The van der Waals surface area contributed by atoms with Crippen LogP contribution in [0.2, 0.25) is 0 Å². The monoisotopic (exact) mass is 741 g/mol. The topological polar surface area (TPSA) is 99.1 Å². The number of ether oxygens (including phenoxy) is 1. The van der Waals surface area contributed by atoms with Crippen LogP contribution in [0, 0.1) is 0 Å². The summed E-state index contributed by atoms with van der Waals surface area (Å²) in [6.45, 7) is 12.3. The van der Waals surface area contributed by atoms with Crippen molar-refractivity contribution in [3.63, 3.8) is 0 Å². The van der Waals surface area contributed by atoms with Crippen molar-refractivity contribution in [2.75, 3.05) is 39.4 Å². The molecule has 1 amide bonds. The second-order valence-electron chi connectivity index (χ2n) is 15.3. The highest BCUT2D eigenvalue weighted by atomic mass is 16.5. The lowest BCUT2D eigenvalue weighted by molar-refractivity contribution is -0.147. The first-order chi connectivity index (χ1) is 25.4. The number of carbonyl (C=O) groups is 2. The van der Waals surface area contributed by atoms with Crippen LogP contribution in [-0.2, 0) is 14.3 Å². The Labute approximate surface area is 324 Å². The molecule has 0 saturated carbocycles. The van der Waals surface area contributed by atoms with Crippen molar-refractivity contribution in [3.05, 3.63) is 0 Å². The van der Waals surface area contributed by atoms with E-state index in [-0.39, 0.29) is 25.1 Å². The van der Waals surface area contributed by atoms with Crippen LogP contribution in [0.4, 0.5) is 0 Å². The molecule has 0 aromatic heterocycles. The highest BCUT2D eigenvalue weighted by Gasteiger charge is 2.07. The normalized spacial score (nSPS) is 11.8. The first-order valence-corrected chi connectivity index (χ1v) is 22.9. The lowest BCUT2D eigenvalue weighted by atomic mass is 10.0. The van der Waals surface area contributed by atoms with Crippen LogP contribution >= 0.6 is 0 Å². The minimum Gasteiger partial charge on any atom is -0.463 e. The summed E-state index contributed by atoms with van der Waals surface area (Å²) in [4.78, 5) is 25.5. The van der Waals surface area contributed by atoms with Gasteiger partial charge in [-0.25, -0.2) is 0 Å². The van der Waals surface area contributed by atoms with E-state index >= 15 is 0 Å². The third kappa shape index (κ3) is 45.0. The predicted molar refractivity (Wildman–Crippen MR) is 224 cm³/mol. The maximum Gasteiger partial charge on any atom is 0.305 e. The maximum absolute atomic E-state index is 11.8. The van der Waals surface area contributed by atoms with E-state index in [1.165, 1.54) is 173 Å². The number of nitrogens with one attached hydrogen (secondary N) is 1. The summed E-state index contributed by atoms with van der Waals surface area (Å²) in [6, 6.07) is 0. The van der Waals surface area contributed by atoms with Crippen LogP contribution in [0.3, 0.4) is 0 Å². The van der Waals surface area contributed by atoms with Crippen molar-refractivity contribution in [3.8, 4) is 0 Å². The molecule has 0 saturated heterocycles. The molecule has 3 N–H and O–H groups in total. The van der Waals surface area contributed by atoms with Gasteiger partial charge in [0.25, 0.3) is 0 Å². The Hall–Kier alpha value is -1.18. The van der Waals surface area contributed by atoms with Crippen LogP contribution in [0.1, 0.15) is 233 Å². The smallest absolute Gasteiger partial charge is 0.305 e. The average Bonchev–Trinajstić information content (AvgIpc) is 3.15. The Balaban J connectivity index is 0. The van der Waals surface area contributed by atoms with Gasteiger partial charge in [-0.2, -0.15) is 0 Å². The van der Waals surface area contributed by atoms with Gasteiger partial charge >= 0.3 is 5.97 Å². The molecule has 0 spiro atoms. The quantitative estimate of drug-likeness (QED) is 0.0427. The van der Waals surface area contributed by atoms with Gasteiger partial charge in [-0.3, -0.25) is 9.59 Å². The van der Waals surface area contributed by atoms with Crippen molar-refractivity contribution >= 4 is 11.9 Å². The third-order valence-electron chi connectivity index (χ3n) is 10.3. The van der Waals surface area contributed by atoms with Crippen molar-refractivity contribution < 1.29 is 24.5 Å². The Morgan fingerprint density at radius 2 is 0.846 bits per heavy atom. The highest BCUT2D eigenvalue weighted by Crippen LogP contribution is 2.15. The summed E-state index contributed by atoms with van der Waals surface area (Å²) in [5, 5.41) is 20.8. The molecule has 1 atom stereocenters. The van der Waals surface area contributed by atoms with Gasteiger partial charge in [-0.05, 0) is 25.9 Å². The first-order valence-electron chi connectivity index (χ1n) is 22.9. The van der Waals surface area contributed by atoms with Crippen molar-refractivity contribution in [2.24, 2.45) is 0 Å². The Morgan fingerprint density at radius 3 is 1.17 bits per heavy atom. The van der Waals surface area contributed by atoms with E-state index in [1.54, 1.807) is 0 Å². The van der Waals surface area contributed by atoms with Gasteiger partial charge < -0.3 is 25.2 Å². The number of rotatable bonds is 40. The molecule has 7 nitrogen and oxygen atoms in total. The Bertz CT molecular complexity index is 703. The van der Waals surface area contributed by atoms with Gasteiger partial charge in [-0.1, -0.05) is 207 Å². The third-order valence-corrected chi connectivity index (χ3v) is 10.3. The standard InChI is InChI=1S/C24H50N2O.C21H42O4/c1-4-7-8-9-10-11-12-13-14-15-16-17-18-19-20-21-24(27)25-22-23-26(5-2)6-3;1-2-3-4-5-6-7-8-9-10-11-12-13-14-15-16-17-21(24)25-19-20(23)18-22/h4-23H2,1-3H3,(H,25,27);20,22-23H,2-19H2,1H3. The molecule has 0 rings (SSSR count). The van der Waals surface area contributed by atoms with Crippen LogP contribution in [0.25, 0.3) is 0 Å². The SMILES string of the molecule is CCCCCCCCCCCCCCCCCC(=O)NCCN(CC)CC.CCCCCCCCCCCCCCCCCC(=O)OCC(O)CO. The minimum absolute atomic E-state index is 0.103. The summed E-state index contributed by atoms with van der Waals surface area (Å²) >= 11 is 0. The number of unbranched alkanes of at least 4 members (excludes halogenated alkanes) is 28. The Morgan fingerprint density at radius 1 is 0.519 bits per heavy atom. The number of nitrogens with zero attached hydrogens (tertiary/aromatic N) is 1. The molecule has 0 heterocycles. The number of hydrogen-bond acceptors (Lipinski definition) is 6. The molecule has 0 radical (unpaired) electrons. The van der Waals surface area contributed by atoms with E-state index in [9.17, 15) is 9.59 Å². The number of likely N-dealkylation sites (N-methyl/N-ethyl adjacent to an activating group) is 1. The first kappa shape index (κ1) is 52.9. The molecule has 0 aliphatic rings. The molecular weight excluding hydrogens is 649 g/mol. The lowest BCUT2D eigenvalue weighted by Gasteiger charge is -2.17. The van der Waals surface area contributed by atoms with Gasteiger partial charge in [-0.15, -0.1) is 0 Å². The van der Waals surface area contributed by atoms with Gasteiger partial charge in [0.1, 0.15) is 12.7 Å². The number of esters is 1. The maximum atomic E-state index is 11.8. The minimum atomic E-state index is -0.954. The van der Waals surface area contributed by atoms with E-state index in [4.69, 9.17) is 14.9 Å². The zero-order valence-corrected chi connectivity index (χ0v) is 35.5. The molecule has 0 aliphatic heterocycles. The molecule has 312 valence electrons. The van der Waals surface area contributed by atoms with E-state index in [0.717, 1.165) is 45.4 Å². The second kappa shape index (κ2) is 46.0. The number of aliphatic hydroxyl groups excluding tert-OH is 2. The number of hydrogen-bond donors (Lipinski definition) is 3. The van der Waals surface area contributed by atoms with Crippen molar-refractivity contribution in [1.82, 2.24) is 10.2 Å². The number of aliphatic hydroxyl groups is 2. The highest BCUT2D eigenvalue weighted by molar-refractivity contribution is 5.75. The van der Waals surface area contributed by atoms with Crippen molar-refractivity contribution in [1.29, 1.82) is 0 Å². The zero-order chi connectivity index (χ0) is 38.6. The Kier molecular flexibility index (Phi) is 46.8. The van der Waals surface area contributed by atoms with Gasteiger partial charge in [0.15, 0.2) is 0 Å². The fourth-order valence-corrected chi connectivity index (χ4v) is 6.59. The predicted octanol–water partition coefficient (Wildman–Crippen LogP) is 11.9. The summed E-state index contributed by atoms with van der Waals surface area (Å²) in [5.74, 6) is -0.0426. The number of carbonyl (C=O) groups excluding carboxylic acids is 2. The summed E-state index contributed by atoms with van der Waals surface area (Å²) in [6.07, 6.45) is 40.3. The zero-order valence-electron chi connectivity index (χ0n) is 35.5. The van der Waals surface area contributed by atoms with E-state index in [1.807, 2.05) is 0 Å². The molecule has 0 fully saturated rings. The molecule has 0 aliphatic carbocycles. The molecule has 52 heavy (non-hydrogen) atoms. The fourth-order valence-electron chi connectivity index (χ4n) is 6.59. The van der Waals surface area contributed by atoms with Crippen LogP contribution in [0.15, 0.2) is 0 Å². The molecule has 0 bridgehead atoms. The summed E-state index contributed by atoms with van der Waals surface area (Å²) in [7, 11) is 0.